The van der Waals surface area contributed by atoms with Crippen LogP contribution in [0.5, 0.6) is 0 Å². The number of aryl methyl sites for hydroxylation is 1. The number of carboxylic acid groups (broad SMARTS) is 1. The lowest BCUT2D eigenvalue weighted by Crippen LogP contribution is -1.97. The van der Waals surface area contributed by atoms with Gasteiger partial charge in [0.15, 0.2) is 0 Å². The minimum Gasteiger partial charge on any atom is -0.481 e. The number of hydrogen-bond acceptors (Lipinski definition) is 2. The van der Waals surface area contributed by atoms with Crippen LogP contribution in [0.3, 0.4) is 0 Å². The van der Waals surface area contributed by atoms with Gasteiger partial charge in [0.25, 0.3) is 0 Å². The Balaban J connectivity index is 2.51. The molecule has 5 heteroatoms. The molecule has 3 nitrogen and oxygen atoms in total. The van der Waals surface area contributed by atoms with Crippen molar-refractivity contribution in [2.75, 3.05) is 0 Å². The van der Waals surface area contributed by atoms with Crippen molar-refractivity contribution in [1.82, 2.24) is 4.98 Å². The zero-order valence-corrected chi connectivity index (χ0v) is 9.68. The molecule has 1 rings (SSSR count). The van der Waals surface area contributed by atoms with Gasteiger partial charge in [0.2, 0.25) is 0 Å². The summed E-state index contributed by atoms with van der Waals surface area (Å²) in [7, 11) is 0. The number of carboxylic acids is 1. The molecule has 0 aliphatic heterocycles. The van der Waals surface area contributed by atoms with Gasteiger partial charge in [-0.2, -0.15) is 0 Å². The van der Waals surface area contributed by atoms with Crippen LogP contribution < -0.4 is 0 Å². The normalized spacial score (nSPS) is 10.1. The third kappa shape index (κ3) is 3.64. The van der Waals surface area contributed by atoms with Crippen LogP contribution in [0.4, 0.5) is 0 Å². The Hall–Kier alpha value is -0.610. The SMILES string of the molecule is O=C(O)CCCc1ccc(Br)c(Cl)n1. The van der Waals surface area contributed by atoms with Gasteiger partial charge in [-0.15, -0.1) is 0 Å². The highest BCUT2D eigenvalue weighted by atomic mass is 79.9. The molecule has 1 aromatic heterocycles. The summed E-state index contributed by atoms with van der Waals surface area (Å²) in [6.07, 6.45) is 1.38. The second-order valence-corrected chi connectivity index (χ2v) is 4.03. The first-order valence-corrected chi connectivity index (χ1v) is 5.29. The summed E-state index contributed by atoms with van der Waals surface area (Å²) >= 11 is 9.01. The molecular formula is C9H9BrClNO2. The molecule has 0 unspecified atom stereocenters. The van der Waals surface area contributed by atoms with Crippen LogP contribution in [0, 0.1) is 0 Å². The number of hydrogen-bond donors (Lipinski definition) is 1. The predicted octanol–water partition coefficient (Wildman–Crippen LogP) is 2.90. The molecule has 0 spiro atoms. The van der Waals surface area contributed by atoms with E-state index >= 15 is 0 Å². The van der Waals surface area contributed by atoms with E-state index in [-0.39, 0.29) is 6.42 Å². The van der Waals surface area contributed by atoms with Crippen LogP contribution >= 0.6 is 27.5 Å². The van der Waals surface area contributed by atoms with Crippen molar-refractivity contribution in [3.05, 3.63) is 27.5 Å². The van der Waals surface area contributed by atoms with Crippen LogP contribution in [0.2, 0.25) is 5.15 Å². The lowest BCUT2D eigenvalue weighted by atomic mass is 10.2. The molecule has 1 aromatic rings. The Bertz CT molecular complexity index is 344. The van der Waals surface area contributed by atoms with E-state index in [0.717, 1.165) is 10.2 Å². The van der Waals surface area contributed by atoms with Gasteiger partial charge in [-0.1, -0.05) is 11.6 Å². The van der Waals surface area contributed by atoms with E-state index in [1.54, 1.807) is 0 Å². The van der Waals surface area contributed by atoms with Crippen LogP contribution in [0.15, 0.2) is 16.6 Å². The lowest BCUT2D eigenvalue weighted by molar-refractivity contribution is -0.137. The standard InChI is InChI=1S/C9H9BrClNO2/c10-7-5-4-6(12-9(7)11)2-1-3-8(13)14/h4-5H,1-3H2,(H,13,14). The number of nitrogens with zero attached hydrogens (tertiary/aromatic N) is 1. The lowest BCUT2D eigenvalue weighted by Gasteiger charge is -2.00. The van der Waals surface area contributed by atoms with E-state index in [1.807, 2.05) is 12.1 Å². The second kappa shape index (κ2) is 5.32. The largest absolute Gasteiger partial charge is 0.481 e. The molecule has 0 saturated heterocycles. The minimum atomic E-state index is -0.784. The van der Waals surface area contributed by atoms with Gasteiger partial charge >= 0.3 is 5.97 Å². The Labute approximate surface area is 95.2 Å². The van der Waals surface area contributed by atoms with Crippen LogP contribution in [-0.4, -0.2) is 16.1 Å². The quantitative estimate of drug-likeness (QED) is 0.862. The first-order valence-electron chi connectivity index (χ1n) is 4.12. The summed E-state index contributed by atoms with van der Waals surface area (Å²) in [5.41, 5.74) is 0.819. The van der Waals surface area contributed by atoms with Crippen molar-refractivity contribution < 1.29 is 9.90 Å². The summed E-state index contributed by atoms with van der Waals surface area (Å²) in [6, 6.07) is 3.64. The second-order valence-electron chi connectivity index (χ2n) is 2.82. The van der Waals surface area contributed by atoms with E-state index in [9.17, 15) is 4.79 Å². The molecule has 1 N–H and O–H groups in total. The average molecular weight is 279 g/mol. The Morgan fingerprint density at radius 3 is 2.86 bits per heavy atom. The first kappa shape index (κ1) is 11.5. The zero-order valence-electron chi connectivity index (χ0n) is 7.33. The Morgan fingerprint density at radius 1 is 1.57 bits per heavy atom. The van der Waals surface area contributed by atoms with Gasteiger partial charge in [-0.25, -0.2) is 4.98 Å². The Morgan fingerprint density at radius 2 is 2.29 bits per heavy atom. The summed E-state index contributed by atoms with van der Waals surface area (Å²) in [5, 5.41) is 8.85. The van der Waals surface area contributed by atoms with E-state index in [0.29, 0.717) is 18.0 Å². The molecule has 0 aromatic carbocycles. The highest BCUT2D eigenvalue weighted by Crippen LogP contribution is 2.20. The average Bonchev–Trinajstić information content (AvgIpc) is 2.10. The van der Waals surface area contributed by atoms with E-state index in [1.165, 1.54) is 0 Å². The van der Waals surface area contributed by atoms with Gasteiger partial charge in [0.1, 0.15) is 5.15 Å². The summed E-state index contributed by atoms with van der Waals surface area (Å²) in [6.45, 7) is 0. The number of pyridine rings is 1. The number of carbonyl (C=O) groups is 1. The van der Waals surface area contributed by atoms with E-state index in [2.05, 4.69) is 20.9 Å². The van der Waals surface area contributed by atoms with E-state index < -0.39 is 5.97 Å². The fourth-order valence-corrected chi connectivity index (χ4v) is 1.41. The fourth-order valence-electron chi connectivity index (χ4n) is 1.01. The number of aromatic nitrogens is 1. The molecule has 1 heterocycles. The van der Waals surface area contributed by atoms with Crippen molar-refractivity contribution in [3.63, 3.8) is 0 Å². The van der Waals surface area contributed by atoms with Crippen molar-refractivity contribution in [2.24, 2.45) is 0 Å². The fraction of sp³-hybridized carbons (Fsp3) is 0.333. The topological polar surface area (TPSA) is 50.2 Å². The maximum atomic E-state index is 10.3. The Kier molecular flexibility index (Phi) is 4.35. The molecule has 0 radical (unpaired) electrons. The van der Waals surface area contributed by atoms with Crippen LogP contribution in [0.1, 0.15) is 18.5 Å². The monoisotopic (exact) mass is 277 g/mol. The number of aliphatic carboxylic acids is 1. The van der Waals surface area contributed by atoms with E-state index in [4.69, 9.17) is 16.7 Å². The van der Waals surface area contributed by atoms with Gasteiger partial charge < -0.3 is 5.11 Å². The number of halogens is 2. The zero-order chi connectivity index (χ0) is 10.6. The molecule has 0 atom stereocenters. The van der Waals surface area contributed by atoms with Gasteiger partial charge in [0, 0.05) is 12.1 Å². The van der Waals surface area contributed by atoms with Crippen LogP contribution in [0.25, 0.3) is 0 Å². The van der Waals surface area contributed by atoms with Crippen molar-refractivity contribution >= 4 is 33.5 Å². The molecule has 14 heavy (non-hydrogen) atoms. The maximum absolute atomic E-state index is 10.3. The van der Waals surface area contributed by atoms with Gasteiger partial charge in [-0.05, 0) is 40.9 Å². The van der Waals surface area contributed by atoms with Crippen molar-refractivity contribution in [3.8, 4) is 0 Å². The first-order chi connectivity index (χ1) is 6.59. The molecule has 0 saturated carbocycles. The highest BCUT2D eigenvalue weighted by molar-refractivity contribution is 9.10. The molecular weight excluding hydrogens is 269 g/mol. The highest BCUT2D eigenvalue weighted by Gasteiger charge is 2.02. The molecule has 0 fully saturated rings. The summed E-state index contributed by atoms with van der Waals surface area (Å²) < 4.78 is 0.751. The minimum absolute atomic E-state index is 0.162. The van der Waals surface area contributed by atoms with Gasteiger partial charge in [0.05, 0.1) is 4.47 Å². The van der Waals surface area contributed by atoms with Crippen molar-refractivity contribution in [1.29, 1.82) is 0 Å². The maximum Gasteiger partial charge on any atom is 0.303 e. The molecule has 76 valence electrons. The molecule has 0 aliphatic carbocycles. The summed E-state index contributed by atoms with van der Waals surface area (Å²) in [4.78, 5) is 14.4. The van der Waals surface area contributed by atoms with Crippen LogP contribution in [-0.2, 0) is 11.2 Å². The molecule has 0 aliphatic rings. The molecule has 0 bridgehead atoms. The molecule has 0 amide bonds. The van der Waals surface area contributed by atoms with Crippen molar-refractivity contribution in [2.45, 2.75) is 19.3 Å². The summed E-state index contributed by atoms with van der Waals surface area (Å²) in [5.74, 6) is -0.784. The van der Waals surface area contributed by atoms with Gasteiger partial charge in [-0.3, -0.25) is 4.79 Å². The third-order valence-electron chi connectivity index (χ3n) is 1.68. The smallest absolute Gasteiger partial charge is 0.303 e. The number of rotatable bonds is 4. The third-order valence-corrected chi connectivity index (χ3v) is 2.84. The predicted molar refractivity (Wildman–Crippen MR) is 57.5 cm³/mol.